The molecule has 1 aliphatic rings. The van der Waals surface area contributed by atoms with Gasteiger partial charge in [-0.3, -0.25) is 14.8 Å². The molecule has 29 heavy (non-hydrogen) atoms. The van der Waals surface area contributed by atoms with Crippen LogP contribution in [-0.4, -0.2) is 80.3 Å². The molecule has 0 bridgehead atoms. The van der Waals surface area contributed by atoms with Crippen LogP contribution < -0.4 is 10.6 Å². The summed E-state index contributed by atoms with van der Waals surface area (Å²) < 4.78 is 5.55. The van der Waals surface area contributed by atoms with Gasteiger partial charge < -0.3 is 15.4 Å². The summed E-state index contributed by atoms with van der Waals surface area (Å²) in [6.45, 7) is 18.5. The number of guanidine groups is 1. The van der Waals surface area contributed by atoms with Crippen molar-refractivity contribution in [3.63, 3.8) is 0 Å². The van der Waals surface area contributed by atoms with E-state index in [9.17, 15) is 0 Å². The summed E-state index contributed by atoms with van der Waals surface area (Å²) in [5.74, 6) is 0.919. The predicted octanol–water partition coefficient (Wildman–Crippen LogP) is 3.19. The molecule has 1 saturated heterocycles. The quantitative estimate of drug-likeness (QED) is 0.325. The standard InChI is InChI=1S/C22H41N5OS/c1-6-23-22(24-10-8-11-27(18(2)3)19(4)5)25-17-20(21-9-7-16-29-21)26-12-14-28-15-13-26/h7,9,16,18-20H,6,8,10-15,17H2,1-5H3,(H2,23,24,25). The highest BCUT2D eigenvalue weighted by molar-refractivity contribution is 7.10. The molecular formula is C22H41N5OS. The first-order valence-electron chi connectivity index (χ1n) is 11.2. The molecule has 0 saturated carbocycles. The Bertz CT molecular complexity index is 562. The summed E-state index contributed by atoms with van der Waals surface area (Å²) in [6.07, 6.45) is 1.11. The summed E-state index contributed by atoms with van der Waals surface area (Å²) in [5.41, 5.74) is 0. The van der Waals surface area contributed by atoms with E-state index in [0.717, 1.165) is 64.9 Å². The van der Waals surface area contributed by atoms with Crippen LogP contribution in [-0.2, 0) is 4.74 Å². The second-order valence-electron chi connectivity index (χ2n) is 8.10. The van der Waals surface area contributed by atoms with Crippen LogP contribution in [0, 0.1) is 0 Å². The number of ether oxygens (including phenoxy) is 1. The van der Waals surface area contributed by atoms with Gasteiger partial charge in [0, 0.05) is 49.7 Å². The molecule has 0 radical (unpaired) electrons. The minimum Gasteiger partial charge on any atom is -0.379 e. The van der Waals surface area contributed by atoms with Crippen molar-refractivity contribution in [2.75, 3.05) is 52.5 Å². The molecule has 7 heteroatoms. The molecule has 0 aliphatic carbocycles. The van der Waals surface area contributed by atoms with E-state index in [1.165, 1.54) is 4.88 Å². The van der Waals surface area contributed by atoms with E-state index >= 15 is 0 Å². The van der Waals surface area contributed by atoms with Crippen molar-refractivity contribution in [2.24, 2.45) is 4.99 Å². The first-order chi connectivity index (χ1) is 14.0. The van der Waals surface area contributed by atoms with E-state index in [4.69, 9.17) is 9.73 Å². The Morgan fingerprint density at radius 2 is 1.93 bits per heavy atom. The third-order valence-corrected chi connectivity index (χ3v) is 6.31. The highest BCUT2D eigenvalue weighted by atomic mass is 32.1. The van der Waals surface area contributed by atoms with Gasteiger partial charge in [-0.15, -0.1) is 11.3 Å². The van der Waals surface area contributed by atoms with Gasteiger partial charge in [0.05, 0.1) is 25.8 Å². The van der Waals surface area contributed by atoms with Crippen molar-refractivity contribution < 1.29 is 4.74 Å². The zero-order chi connectivity index (χ0) is 21.1. The monoisotopic (exact) mass is 423 g/mol. The van der Waals surface area contributed by atoms with E-state index in [-0.39, 0.29) is 0 Å². The Labute approximate surface area is 181 Å². The van der Waals surface area contributed by atoms with Gasteiger partial charge >= 0.3 is 0 Å². The van der Waals surface area contributed by atoms with Crippen LogP contribution in [0.3, 0.4) is 0 Å². The van der Waals surface area contributed by atoms with Crippen molar-refractivity contribution in [1.82, 2.24) is 20.4 Å². The van der Waals surface area contributed by atoms with Crippen molar-refractivity contribution in [2.45, 2.75) is 59.2 Å². The largest absolute Gasteiger partial charge is 0.379 e. The van der Waals surface area contributed by atoms with Crippen molar-refractivity contribution in [3.8, 4) is 0 Å². The molecule has 1 fully saturated rings. The van der Waals surface area contributed by atoms with Gasteiger partial charge in [0.15, 0.2) is 5.96 Å². The molecule has 166 valence electrons. The predicted molar refractivity (Wildman–Crippen MR) is 125 cm³/mol. The molecule has 1 aromatic heterocycles. The first-order valence-corrected chi connectivity index (χ1v) is 12.0. The van der Waals surface area contributed by atoms with Crippen LogP contribution in [0.2, 0.25) is 0 Å². The zero-order valence-corrected chi connectivity index (χ0v) is 19.8. The van der Waals surface area contributed by atoms with E-state index < -0.39 is 0 Å². The Balaban J connectivity index is 1.91. The summed E-state index contributed by atoms with van der Waals surface area (Å²) in [7, 11) is 0. The SMILES string of the molecule is CCNC(=NCC(c1cccs1)N1CCOCC1)NCCCN(C(C)C)C(C)C. The number of morpholine rings is 1. The van der Waals surface area contributed by atoms with E-state index in [2.05, 4.69) is 72.6 Å². The molecular weight excluding hydrogens is 382 g/mol. The van der Waals surface area contributed by atoms with Crippen LogP contribution in [0.1, 0.15) is 52.0 Å². The fourth-order valence-corrected chi connectivity index (χ4v) is 4.71. The highest BCUT2D eigenvalue weighted by Crippen LogP contribution is 2.26. The second kappa shape index (κ2) is 13.2. The smallest absolute Gasteiger partial charge is 0.191 e. The van der Waals surface area contributed by atoms with Gasteiger partial charge in [-0.2, -0.15) is 0 Å². The molecule has 0 aromatic carbocycles. The lowest BCUT2D eigenvalue weighted by Crippen LogP contribution is -2.42. The third-order valence-electron chi connectivity index (χ3n) is 5.34. The number of hydrogen-bond donors (Lipinski definition) is 2. The molecule has 1 aliphatic heterocycles. The maximum atomic E-state index is 5.55. The highest BCUT2D eigenvalue weighted by Gasteiger charge is 2.23. The topological polar surface area (TPSA) is 52.1 Å². The lowest BCUT2D eigenvalue weighted by molar-refractivity contribution is 0.0186. The molecule has 2 heterocycles. The summed E-state index contributed by atoms with van der Waals surface area (Å²) >= 11 is 1.82. The molecule has 0 amide bonds. The lowest BCUT2D eigenvalue weighted by atomic mass is 10.2. The van der Waals surface area contributed by atoms with E-state index in [1.807, 2.05) is 11.3 Å². The number of nitrogens with one attached hydrogen (secondary N) is 2. The summed E-state index contributed by atoms with van der Waals surface area (Å²) in [4.78, 5) is 11.4. The van der Waals surface area contributed by atoms with Gasteiger partial charge in [-0.05, 0) is 52.5 Å². The number of rotatable bonds is 11. The second-order valence-corrected chi connectivity index (χ2v) is 9.08. The van der Waals surface area contributed by atoms with Gasteiger partial charge in [-0.25, -0.2) is 0 Å². The number of thiophene rings is 1. The normalized spacial score (nSPS) is 17.3. The van der Waals surface area contributed by atoms with Crippen molar-refractivity contribution in [3.05, 3.63) is 22.4 Å². The van der Waals surface area contributed by atoms with Gasteiger partial charge in [0.25, 0.3) is 0 Å². The van der Waals surface area contributed by atoms with Crippen LogP contribution >= 0.6 is 11.3 Å². The summed E-state index contributed by atoms with van der Waals surface area (Å²) in [5, 5.41) is 9.09. The van der Waals surface area contributed by atoms with Crippen molar-refractivity contribution in [1.29, 1.82) is 0 Å². The zero-order valence-electron chi connectivity index (χ0n) is 19.0. The van der Waals surface area contributed by atoms with Gasteiger partial charge in [0.2, 0.25) is 0 Å². The van der Waals surface area contributed by atoms with E-state index in [0.29, 0.717) is 18.1 Å². The van der Waals surface area contributed by atoms with Crippen LogP contribution in [0.4, 0.5) is 0 Å². The Morgan fingerprint density at radius 3 is 2.52 bits per heavy atom. The Morgan fingerprint density at radius 1 is 1.21 bits per heavy atom. The minimum atomic E-state index is 0.326. The first kappa shape index (κ1) is 24.1. The lowest BCUT2D eigenvalue weighted by Gasteiger charge is -2.33. The Kier molecular flexibility index (Phi) is 11.0. The number of hydrogen-bond acceptors (Lipinski definition) is 5. The maximum absolute atomic E-state index is 5.55. The molecule has 0 spiro atoms. The Hall–Kier alpha value is -1.15. The number of nitrogens with zero attached hydrogens (tertiary/aromatic N) is 3. The molecule has 1 unspecified atom stereocenters. The fraction of sp³-hybridized carbons (Fsp3) is 0.773. The fourth-order valence-electron chi connectivity index (χ4n) is 3.86. The number of aliphatic imine (C=N–C) groups is 1. The average molecular weight is 424 g/mol. The van der Waals surface area contributed by atoms with E-state index in [1.54, 1.807) is 0 Å². The molecule has 2 N–H and O–H groups in total. The van der Waals surface area contributed by atoms with Crippen LogP contribution in [0.25, 0.3) is 0 Å². The molecule has 6 nitrogen and oxygen atoms in total. The average Bonchev–Trinajstić information content (AvgIpc) is 3.22. The maximum Gasteiger partial charge on any atom is 0.191 e. The third kappa shape index (κ3) is 8.24. The molecule has 1 aromatic rings. The molecule has 2 rings (SSSR count). The molecule has 1 atom stereocenters. The van der Waals surface area contributed by atoms with Crippen LogP contribution in [0.5, 0.6) is 0 Å². The van der Waals surface area contributed by atoms with Gasteiger partial charge in [0.1, 0.15) is 0 Å². The van der Waals surface area contributed by atoms with Crippen LogP contribution in [0.15, 0.2) is 22.5 Å². The van der Waals surface area contributed by atoms with Gasteiger partial charge in [-0.1, -0.05) is 6.07 Å². The summed E-state index contributed by atoms with van der Waals surface area (Å²) in [6, 6.07) is 5.85. The van der Waals surface area contributed by atoms with Crippen molar-refractivity contribution >= 4 is 17.3 Å². The minimum absolute atomic E-state index is 0.326.